The molecule has 1 aromatic heterocycles. The minimum atomic E-state index is -1.10. The van der Waals surface area contributed by atoms with Crippen molar-refractivity contribution in [1.29, 1.82) is 0 Å². The fraction of sp³-hybridized carbons (Fsp3) is 0.278. The lowest BCUT2D eigenvalue weighted by atomic mass is 10.0. The molecule has 142 valence electrons. The van der Waals surface area contributed by atoms with E-state index in [4.69, 9.17) is 5.73 Å². The summed E-state index contributed by atoms with van der Waals surface area (Å²) in [6.45, 7) is 5.25. The molecule has 3 N–H and O–H groups in total. The topological polar surface area (TPSA) is 137 Å². The number of carbonyl (C=O) groups is 2. The van der Waals surface area contributed by atoms with E-state index in [-0.39, 0.29) is 6.04 Å². The lowest BCUT2D eigenvalue weighted by molar-refractivity contribution is -0.385. The average molecular weight is 372 g/mol. The van der Waals surface area contributed by atoms with Crippen molar-refractivity contribution in [3.63, 3.8) is 0 Å². The van der Waals surface area contributed by atoms with E-state index in [1.807, 2.05) is 32.0 Å². The minimum Gasteiger partial charge on any atom is -0.365 e. The second-order valence-electron chi connectivity index (χ2n) is 6.30. The second kappa shape index (κ2) is 7.81. The van der Waals surface area contributed by atoms with Crippen molar-refractivity contribution in [2.75, 3.05) is 0 Å². The molecule has 0 spiro atoms. The van der Waals surface area contributed by atoms with E-state index in [0.717, 1.165) is 33.5 Å². The Bertz CT molecular complexity index is 980. The summed E-state index contributed by atoms with van der Waals surface area (Å²) in [5, 5.41) is 13.7. The van der Waals surface area contributed by atoms with Gasteiger partial charge in [-0.25, -0.2) is 0 Å². The molecule has 0 aliphatic carbocycles. The Morgan fingerprint density at radius 1 is 1.26 bits per heavy atom. The lowest BCUT2D eigenvalue weighted by Crippen LogP contribution is -2.36. The van der Waals surface area contributed by atoms with Crippen LogP contribution < -0.4 is 16.6 Å². The number of nitrogens with zero attached hydrogens (tertiary/aromatic N) is 2. The van der Waals surface area contributed by atoms with Crippen LogP contribution in [0.3, 0.4) is 0 Å². The number of benzene rings is 1. The minimum absolute atomic E-state index is 0.332. The first kappa shape index (κ1) is 19.8. The first-order valence-electron chi connectivity index (χ1n) is 8.15. The van der Waals surface area contributed by atoms with Crippen molar-refractivity contribution >= 4 is 17.5 Å². The number of nitrogens with two attached hydrogens (primary N) is 1. The summed E-state index contributed by atoms with van der Waals surface area (Å²) in [4.78, 5) is 46.1. The maximum absolute atomic E-state index is 12.3. The van der Waals surface area contributed by atoms with Gasteiger partial charge >= 0.3 is 0 Å². The van der Waals surface area contributed by atoms with Crippen LogP contribution in [0.15, 0.2) is 35.3 Å². The van der Waals surface area contributed by atoms with Gasteiger partial charge in [-0.3, -0.25) is 29.1 Å². The van der Waals surface area contributed by atoms with Crippen LogP contribution in [0.1, 0.15) is 40.0 Å². The molecule has 1 atom stereocenters. The Kier molecular flexibility index (Phi) is 5.74. The number of amides is 2. The highest BCUT2D eigenvalue weighted by Gasteiger charge is 2.19. The molecule has 0 fully saturated rings. The van der Waals surface area contributed by atoms with Gasteiger partial charge in [0.1, 0.15) is 12.1 Å². The maximum Gasteiger partial charge on any atom is 0.286 e. The molecule has 0 radical (unpaired) electrons. The van der Waals surface area contributed by atoms with Crippen LogP contribution in [0, 0.1) is 24.0 Å². The van der Waals surface area contributed by atoms with E-state index in [0.29, 0.717) is 0 Å². The summed E-state index contributed by atoms with van der Waals surface area (Å²) in [6, 6.07) is 6.25. The third kappa shape index (κ3) is 4.57. The summed E-state index contributed by atoms with van der Waals surface area (Å²) in [5.74, 6) is -1.62. The highest BCUT2D eigenvalue weighted by Crippen LogP contribution is 2.17. The summed E-state index contributed by atoms with van der Waals surface area (Å²) in [5.41, 5.74) is 6.28. The van der Waals surface area contributed by atoms with Gasteiger partial charge in [0.15, 0.2) is 0 Å². The van der Waals surface area contributed by atoms with E-state index < -0.39 is 40.1 Å². The molecule has 27 heavy (non-hydrogen) atoms. The largest absolute Gasteiger partial charge is 0.365 e. The molecule has 1 aromatic carbocycles. The Balaban J connectivity index is 2.24. The number of rotatable bonds is 6. The monoisotopic (exact) mass is 372 g/mol. The van der Waals surface area contributed by atoms with Gasteiger partial charge in [0.25, 0.3) is 17.2 Å². The predicted molar refractivity (Wildman–Crippen MR) is 98.3 cm³/mol. The van der Waals surface area contributed by atoms with Crippen molar-refractivity contribution in [3.8, 4) is 0 Å². The van der Waals surface area contributed by atoms with E-state index in [1.54, 1.807) is 6.92 Å². The zero-order valence-corrected chi connectivity index (χ0v) is 15.2. The third-order valence-corrected chi connectivity index (χ3v) is 4.27. The van der Waals surface area contributed by atoms with Gasteiger partial charge < -0.3 is 11.1 Å². The Labute approximate surface area is 155 Å². The molecule has 9 nitrogen and oxygen atoms in total. The molecular weight excluding hydrogens is 352 g/mol. The van der Waals surface area contributed by atoms with Crippen LogP contribution in [0.4, 0.5) is 5.69 Å². The molecule has 2 rings (SSSR count). The third-order valence-electron chi connectivity index (χ3n) is 4.27. The first-order chi connectivity index (χ1) is 12.6. The quantitative estimate of drug-likeness (QED) is 0.582. The predicted octanol–water partition coefficient (Wildman–Crippen LogP) is 1.35. The van der Waals surface area contributed by atoms with Crippen molar-refractivity contribution in [2.45, 2.75) is 33.4 Å². The van der Waals surface area contributed by atoms with Crippen molar-refractivity contribution in [2.24, 2.45) is 5.73 Å². The number of carbonyl (C=O) groups excluding carboxylic acids is 2. The molecule has 2 aromatic rings. The van der Waals surface area contributed by atoms with Crippen molar-refractivity contribution in [3.05, 3.63) is 73.2 Å². The normalized spacial score (nSPS) is 11.7. The number of aromatic nitrogens is 1. The van der Waals surface area contributed by atoms with E-state index in [1.165, 1.54) is 0 Å². The summed E-state index contributed by atoms with van der Waals surface area (Å²) in [7, 11) is 0. The number of nitro groups is 1. The standard InChI is InChI=1S/C18H20N4O5/c1-10-4-5-13(6-11(10)2)12(3)20-16(23)9-21-8-14(22(26)27)7-15(17(19)24)18(21)25/h4-8,12H,9H2,1-3H3,(H2,19,24)(H,20,23). The molecule has 0 saturated heterocycles. The summed E-state index contributed by atoms with van der Waals surface area (Å²) >= 11 is 0. The van der Waals surface area contributed by atoms with Gasteiger partial charge in [-0.15, -0.1) is 0 Å². The van der Waals surface area contributed by atoms with E-state index >= 15 is 0 Å². The molecule has 0 saturated carbocycles. The number of aryl methyl sites for hydroxylation is 2. The summed E-state index contributed by atoms with van der Waals surface area (Å²) in [6.07, 6.45) is 0.912. The molecule has 0 bridgehead atoms. The van der Waals surface area contributed by atoms with Gasteiger partial charge in [-0.2, -0.15) is 0 Å². The Morgan fingerprint density at radius 3 is 2.48 bits per heavy atom. The van der Waals surface area contributed by atoms with Crippen LogP contribution in [0.5, 0.6) is 0 Å². The van der Waals surface area contributed by atoms with Gasteiger partial charge in [0.2, 0.25) is 5.91 Å². The fourth-order valence-corrected chi connectivity index (χ4v) is 2.57. The molecule has 1 heterocycles. The molecule has 0 aliphatic heterocycles. The highest BCUT2D eigenvalue weighted by molar-refractivity contribution is 5.93. The van der Waals surface area contributed by atoms with Crippen LogP contribution >= 0.6 is 0 Å². The zero-order valence-electron chi connectivity index (χ0n) is 15.2. The van der Waals surface area contributed by atoms with Gasteiger partial charge in [0.05, 0.1) is 17.2 Å². The molecular formula is C18H20N4O5. The molecule has 9 heteroatoms. The number of nitrogens with one attached hydrogen (secondary N) is 1. The van der Waals surface area contributed by atoms with E-state index in [9.17, 15) is 24.5 Å². The number of hydrogen-bond donors (Lipinski definition) is 2. The molecule has 2 amide bonds. The van der Waals surface area contributed by atoms with Crippen LogP contribution in [0.2, 0.25) is 0 Å². The second-order valence-corrected chi connectivity index (χ2v) is 6.30. The zero-order chi connectivity index (χ0) is 20.3. The number of pyridine rings is 1. The van der Waals surface area contributed by atoms with Crippen molar-refractivity contribution in [1.82, 2.24) is 9.88 Å². The van der Waals surface area contributed by atoms with Crippen LogP contribution in [-0.2, 0) is 11.3 Å². The highest BCUT2D eigenvalue weighted by atomic mass is 16.6. The van der Waals surface area contributed by atoms with Crippen LogP contribution in [-0.4, -0.2) is 21.3 Å². The SMILES string of the molecule is Cc1ccc(C(C)NC(=O)Cn2cc([N+](=O)[O-])cc(C(N)=O)c2=O)cc1C. The molecule has 1 unspecified atom stereocenters. The van der Waals surface area contributed by atoms with Crippen LogP contribution in [0.25, 0.3) is 0 Å². The first-order valence-corrected chi connectivity index (χ1v) is 8.15. The number of hydrogen-bond acceptors (Lipinski definition) is 5. The van der Waals surface area contributed by atoms with Crippen molar-refractivity contribution < 1.29 is 14.5 Å². The van der Waals surface area contributed by atoms with Gasteiger partial charge in [0, 0.05) is 6.07 Å². The Morgan fingerprint density at radius 2 is 1.93 bits per heavy atom. The Hall–Kier alpha value is -3.49. The van der Waals surface area contributed by atoms with Gasteiger partial charge in [-0.05, 0) is 37.5 Å². The smallest absolute Gasteiger partial charge is 0.286 e. The fourth-order valence-electron chi connectivity index (χ4n) is 2.57. The summed E-state index contributed by atoms with van der Waals surface area (Å²) < 4.78 is 0.806. The maximum atomic E-state index is 12.3. The van der Waals surface area contributed by atoms with Gasteiger partial charge in [-0.1, -0.05) is 18.2 Å². The lowest BCUT2D eigenvalue weighted by Gasteiger charge is -2.16. The average Bonchev–Trinajstić information content (AvgIpc) is 2.58. The molecule has 0 aliphatic rings. The van der Waals surface area contributed by atoms with E-state index in [2.05, 4.69) is 5.32 Å². The number of primary amides is 1.